The van der Waals surface area contributed by atoms with Gasteiger partial charge >= 0.3 is 10.2 Å². The van der Waals surface area contributed by atoms with Gasteiger partial charge in [0.05, 0.1) is 0 Å². The minimum atomic E-state index is -4.19. The lowest BCUT2D eigenvalue weighted by molar-refractivity contribution is -0.117. The van der Waals surface area contributed by atoms with E-state index in [0.29, 0.717) is 28.4 Å². The fraction of sp³-hybridized carbons (Fsp3) is 0.632. The molecule has 0 atom stereocenters. The summed E-state index contributed by atoms with van der Waals surface area (Å²) in [5.41, 5.74) is 0.620. The van der Waals surface area contributed by atoms with Crippen molar-refractivity contribution in [3.8, 4) is 5.75 Å². The molecule has 3 aliphatic rings. The third-order valence-electron chi connectivity index (χ3n) is 6.11. The fourth-order valence-electron chi connectivity index (χ4n) is 4.36. The number of nitrogens with zero attached hydrogens (tertiary/aromatic N) is 4. The molecule has 0 saturated carbocycles. The Kier molecular flexibility index (Phi) is 5.88. The Labute approximate surface area is 176 Å². The average molecular weight is 442 g/mol. The molecule has 2 fully saturated rings. The lowest BCUT2D eigenvalue weighted by Crippen LogP contribution is -2.45. The summed E-state index contributed by atoms with van der Waals surface area (Å²) in [4.78, 5) is 18.4. The van der Waals surface area contributed by atoms with Gasteiger partial charge in [-0.2, -0.15) is 8.42 Å². The molecular formula is C19H28FN5O4S. The van der Waals surface area contributed by atoms with E-state index in [0.717, 1.165) is 52.2 Å². The summed E-state index contributed by atoms with van der Waals surface area (Å²) in [6.45, 7) is 6.67. The predicted molar refractivity (Wildman–Crippen MR) is 110 cm³/mol. The Hall–Kier alpha value is -1.95. The van der Waals surface area contributed by atoms with Crippen molar-refractivity contribution in [2.75, 3.05) is 63.7 Å². The largest absolute Gasteiger partial charge is 0.506 e. The van der Waals surface area contributed by atoms with Crippen LogP contribution in [0.25, 0.3) is 0 Å². The number of hydrogen-bond donors (Lipinski definition) is 2. The number of aromatic hydroxyl groups is 1. The molecule has 30 heavy (non-hydrogen) atoms. The third-order valence-corrected chi connectivity index (χ3v) is 7.48. The van der Waals surface area contributed by atoms with E-state index in [2.05, 4.69) is 21.7 Å². The summed E-state index contributed by atoms with van der Waals surface area (Å²) in [6, 6.07) is 1.42. The molecule has 0 radical (unpaired) electrons. The van der Waals surface area contributed by atoms with Crippen LogP contribution in [-0.2, 0) is 28.0 Å². The molecule has 0 spiro atoms. The van der Waals surface area contributed by atoms with Crippen molar-refractivity contribution < 1.29 is 22.7 Å². The first kappa shape index (κ1) is 21.3. The summed E-state index contributed by atoms with van der Waals surface area (Å²) in [7, 11) is -2.07. The lowest BCUT2D eigenvalue weighted by atomic mass is 9.97. The van der Waals surface area contributed by atoms with Gasteiger partial charge in [0.25, 0.3) is 5.91 Å². The monoisotopic (exact) mass is 441 g/mol. The van der Waals surface area contributed by atoms with Gasteiger partial charge in [-0.25, -0.2) is 13.4 Å². The zero-order valence-electron chi connectivity index (χ0n) is 17.1. The van der Waals surface area contributed by atoms with Crippen molar-refractivity contribution in [2.45, 2.75) is 19.4 Å². The van der Waals surface area contributed by atoms with Crippen molar-refractivity contribution in [1.82, 2.24) is 19.4 Å². The number of piperazine rings is 1. The molecule has 0 aromatic heterocycles. The van der Waals surface area contributed by atoms with E-state index < -0.39 is 39.9 Å². The molecule has 9 nitrogen and oxygen atoms in total. The summed E-state index contributed by atoms with van der Waals surface area (Å²) < 4.78 is 42.0. The first-order valence-electron chi connectivity index (χ1n) is 10.2. The SMILES string of the molecule is CN1CCN(CCCN2CCc3cc(O)c(N4CC(=O)NS4(=O)=O)c(F)c3C2)CC1. The number of fused-ring (bicyclic) bond motifs is 1. The topological polar surface area (TPSA) is 96.4 Å². The smallest absolute Gasteiger partial charge is 0.326 e. The molecular weight excluding hydrogens is 413 g/mol. The Bertz CT molecular complexity index is 933. The second-order valence-electron chi connectivity index (χ2n) is 8.26. The summed E-state index contributed by atoms with van der Waals surface area (Å²) in [5.74, 6) is -1.99. The molecule has 0 unspecified atom stereocenters. The second kappa shape index (κ2) is 8.29. The average Bonchev–Trinajstić information content (AvgIpc) is 2.96. The molecule has 0 bridgehead atoms. The molecule has 2 saturated heterocycles. The maximum atomic E-state index is 15.3. The van der Waals surface area contributed by atoms with Crippen LogP contribution in [0.1, 0.15) is 17.5 Å². The fourth-order valence-corrected chi connectivity index (χ4v) is 5.52. The van der Waals surface area contributed by atoms with Crippen LogP contribution in [0.4, 0.5) is 10.1 Å². The van der Waals surface area contributed by atoms with Gasteiger partial charge in [-0.15, -0.1) is 0 Å². The van der Waals surface area contributed by atoms with Crippen LogP contribution in [-0.4, -0.2) is 93.5 Å². The van der Waals surface area contributed by atoms with E-state index >= 15 is 4.39 Å². The van der Waals surface area contributed by atoms with Gasteiger partial charge in [0.1, 0.15) is 18.0 Å². The number of amides is 1. The highest BCUT2D eigenvalue weighted by molar-refractivity contribution is 7.92. The zero-order chi connectivity index (χ0) is 21.5. The number of phenols is 1. The molecule has 1 amide bonds. The van der Waals surface area contributed by atoms with Crippen LogP contribution in [0.5, 0.6) is 5.75 Å². The molecule has 4 rings (SSSR count). The Balaban J connectivity index is 1.45. The van der Waals surface area contributed by atoms with Crippen molar-refractivity contribution in [3.05, 3.63) is 23.0 Å². The summed E-state index contributed by atoms with van der Waals surface area (Å²) >= 11 is 0. The van der Waals surface area contributed by atoms with Gasteiger partial charge in [-0.3, -0.25) is 9.69 Å². The number of benzene rings is 1. The van der Waals surface area contributed by atoms with E-state index in [4.69, 9.17) is 0 Å². The Morgan fingerprint density at radius 3 is 2.47 bits per heavy atom. The normalized spacial score (nSPS) is 22.9. The van der Waals surface area contributed by atoms with E-state index in [1.54, 1.807) is 0 Å². The molecule has 1 aromatic carbocycles. The Morgan fingerprint density at radius 2 is 1.80 bits per heavy atom. The maximum absolute atomic E-state index is 15.3. The number of anilines is 1. The van der Waals surface area contributed by atoms with Gasteiger partial charge in [0.2, 0.25) is 0 Å². The molecule has 166 valence electrons. The van der Waals surface area contributed by atoms with Crippen LogP contribution in [0, 0.1) is 5.82 Å². The van der Waals surface area contributed by atoms with Crippen molar-refractivity contribution in [2.24, 2.45) is 0 Å². The number of carbonyl (C=O) groups is 1. The van der Waals surface area contributed by atoms with Crippen LogP contribution >= 0.6 is 0 Å². The number of halogens is 1. The van der Waals surface area contributed by atoms with Gasteiger partial charge in [-0.1, -0.05) is 0 Å². The van der Waals surface area contributed by atoms with E-state index in [1.165, 1.54) is 6.07 Å². The molecule has 3 aliphatic heterocycles. The minimum Gasteiger partial charge on any atom is -0.506 e. The minimum absolute atomic E-state index is 0.354. The highest BCUT2D eigenvalue weighted by atomic mass is 32.2. The highest BCUT2D eigenvalue weighted by Gasteiger charge is 2.39. The van der Waals surface area contributed by atoms with Crippen LogP contribution in [0.2, 0.25) is 0 Å². The van der Waals surface area contributed by atoms with Crippen LogP contribution in [0.15, 0.2) is 6.07 Å². The number of hydrogen-bond acceptors (Lipinski definition) is 7. The van der Waals surface area contributed by atoms with E-state index in [-0.39, 0.29) is 0 Å². The van der Waals surface area contributed by atoms with Gasteiger partial charge in [-0.05, 0) is 44.6 Å². The summed E-state index contributed by atoms with van der Waals surface area (Å²) in [6.07, 6.45) is 1.56. The second-order valence-corrected chi connectivity index (χ2v) is 9.85. The van der Waals surface area contributed by atoms with Crippen molar-refractivity contribution >= 4 is 21.8 Å². The number of carbonyl (C=O) groups excluding carboxylic acids is 1. The van der Waals surface area contributed by atoms with Gasteiger partial charge < -0.3 is 14.9 Å². The van der Waals surface area contributed by atoms with Crippen molar-refractivity contribution in [1.29, 1.82) is 0 Å². The van der Waals surface area contributed by atoms with Crippen LogP contribution < -0.4 is 9.03 Å². The molecule has 3 heterocycles. The van der Waals surface area contributed by atoms with Crippen molar-refractivity contribution in [3.63, 3.8) is 0 Å². The van der Waals surface area contributed by atoms with Crippen LogP contribution in [0.3, 0.4) is 0 Å². The number of phenolic OH excluding ortho intramolecular Hbond substituents is 1. The number of likely N-dealkylation sites (N-methyl/N-ethyl adjacent to an activating group) is 1. The highest BCUT2D eigenvalue weighted by Crippen LogP contribution is 2.38. The van der Waals surface area contributed by atoms with E-state index in [1.807, 2.05) is 4.72 Å². The molecule has 2 N–H and O–H groups in total. The zero-order valence-corrected chi connectivity index (χ0v) is 17.9. The Morgan fingerprint density at radius 1 is 1.10 bits per heavy atom. The quantitative estimate of drug-likeness (QED) is 0.648. The van der Waals surface area contributed by atoms with Gasteiger partial charge in [0.15, 0.2) is 5.82 Å². The van der Waals surface area contributed by atoms with E-state index in [9.17, 15) is 18.3 Å². The number of rotatable bonds is 5. The predicted octanol–water partition coefficient (Wildman–Crippen LogP) is -0.292. The number of nitrogens with one attached hydrogen (secondary N) is 1. The summed E-state index contributed by atoms with van der Waals surface area (Å²) in [5, 5.41) is 10.3. The van der Waals surface area contributed by atoms with Gasteiger partial charge in [0, 0.05) is 44.8 Å². The molecule has 1 aromatic rings. The third kappa shape index (κ3) is 4.25. The first-order valence-corrected chi connectivity index (χ1v) is 11.7. The molecule has 11 heteroatoms. The standard InChI is InChI=1S/C19H28FN5O4S/c1-22-7-9-23(10-8-22)4-2-5-24-6-3-14-11-16(26)19(18(20)15(14)12-24)25-13-17(27)21-30(25,28)29/h11,26H,2-10,12-13H2,1H3,(H,21,27). The first-order chi connectivity index (χ1) is 14.2. The lowest BCUT2D eigenvalue weighted by Gasteiger charge is -2.34. The maximum Gasteiger partial charge on any atom is 0.326 e. The molecule has 0 aliphatic carbocycles.